The van der Waals surface area contributed by atoms with E-state index in [0.29, 0.717) is 47.1 Å². The Morgan fingerprint density at radius 2 is 2.05 bits per heavy atom. The van der Waals surface area contributed by atoms with E-state index in [1.165, 1.54) is 36.4 Å². The van der Waals surface area contributed by atoms with Gasteiger partial charge in [0.2, 0.25) is 5.91 Å². The summed E-state index contributed by atoms with van der Waals surface area (Å²) in [5.41, 5.74) is 0.812. The van der Waals surface area contributed by atoms with E-state index in [1.807, 2.05) is 0 Å². The number of rotatable bonds is 13. The number of methoxy groups -OCH3 is 1. The largest absolute Gasteiger partial charge is 0.493 e. The van der Waals surface area contributed by atoms with E-state index in [4.69, 9.17) is 23.8 Å². The fraction of sp³-hybridized carbons (Fsp3) is 0.333. The first kappa shape index (κ1) is 31.2. The van der Waals surface area contributed by atoms with Gasteiger partial charge in [0.25, 0.3) is 0 Å². The highest BCUT2D eigenvalue weighted by Gasteiger charge is 2.27. The number of fused-ring (bicyclic) bond motifs is 1. The number of ether oxygens (including phenoxy) is 2. The van der Waals surface area contributed by atoms with E-state index in [2.05, 4.69) is 30.6 Å². The van der Waals surface area contributed by atoms with Crippen LogP contribution in [0.5, 0.6) is 11.5 Å². The maximum atomic E-state index is 13.9. The highest BCUT2D eigenvalue weighted by Crippen LogP contribution is 2.37. The Balaban J connectivity index is 1.22. The maximum absolute atomic E-state index is 13.9. The van der Waals surface area contributed by atoms with Gasteiger partial charge in [-0.25, -0.2) is 23.3 Å². The summed E-state index contributed by atoms with van der Waals surface area (Å²) < 4.78 is 55.9. The van der Waals surface area contributed by atoms with Gasteiger partial charge in [-0.3, -0.25) is 18.9 Å². The molecule has 0 spiro atoms. The number of carbonyl (C=O) groups excluding carboxylic acids is 1. The van der Waals surface area contributed by atoms with Crippen molar-refractivity contribution < 1.29 is 41.9 Å². The zero-order chi connectivity index (χ0) is 31.3. The van der Waals surface area contributed by atoms with Crippen molar-refractivity contribution in [2.75, 3.05) is 44.0 Å². The quantitative estimate of drug-likeness (QED) is 0.158. The fourth-order valence-corrected chi connectivity index (χ4v) is 5.23. The molecule has 17 heteroatoms. The minimum absolute atomic E-state index is 0.0583. The van der Waals surface area contributed by atoms with Crippen molar-refractivity contribution in [1.29, 1.82) is 0 Å². The van der Waals surface area contributed by atoms with Gasteiger partial charge in [0, 0.05) is 30.2 Å². The SMILES string of the molecule is COc1cc2c(Nc3cnn(CC(=O)Nc4cccc(F)c4F)c3)ncnc2cc1OCCN1CCC[C@H]1COP(=O)(O)O. The van der Waals surface area contributed by atoms with Crippen LogP contribution in [0, 0.1) is 11.6 Å². The number of halogens is 2. The van der Waals surface area contributed by atoms with E-state index in [-0.39, 0.29) is 24.9 Å². The second-order valence-electron chi connectivity index (χ2n) is 9.91. The van der Waals surface area contributed by atoms with Crippen molar-refractivity contribution in [3.63, 3.8) is 0 Å². The molecule has 14 nitrogen and oxygen atoms in total. The number of nitrogens with zero attached hydrogens (tertiary/aromatic N) is 5. The van der Waals surface area contributed by atoms with Crippen LogP contribution in [-0.4, -0.2) is 79.8 Å². The Morgan fingerprint density at radius 1 is 1.20 bits per heavy atom. The Kier molecular flexibility index (Phi) is 9.66. The summed E-state index contributed by atoms with van der Waals surface area (Å²) >= 11 is 0. The molecule has 3 heterocycles. The molecule has 0 unspecified atom stereocenters. The molecule has 234 valence electrons. The average molecular weight is 634 g/mol. The van der Waals surface area contributed by atoms with Crippen LogP contribution < -0.4 is 20.1 Å². The van der Waals surface area contributed by atoms with Crippen molar-refractivity contribution in [3.8, 4) is 11.5 Å². The Hall–Kier alpha value is -4.21. The molecular formula is C27H30F2N7O7P. The smallest absolute Gasteiger partial charge is 0.469 e. The molecule has 1 saturated heterocycles. The zero-order valence-electron chi connectivity index (χ0n) is 23.5. The number of hydrogen-bond donors (Lipinski definition) is 4. The number of benzene rings is 2. The summed E-state index contributed by atoms with van der Waals surface area (Å²) in [4.78, 5) is 41.1. The van der Waals surface area contributed by atoms with Gasteiger partial charge in [0.1, 0.15) is 25.3 Å². The first-order valence-corrected chi connectivity index (χ1v) is 15.1. The predicted octanol–water partition coefficient (Wildman–Crippen LogP) is 3.45. The first-order valence-electron chi connectivity index (χ1n) is 13.5. The summed E-state index contributed by atoms with van der Waals surface area (Å²) in [5, 5.41) is 10.2. The lowest BCUT2D eigenvalue weighted by Gasteiger charge is -2.24. The normalized spacial score (nSPS) is 15.4. The van der Waals surface area contributed by atoms with Gasteiger partial charge in [0.05, 0.1) is 36.8 Å². The van der Waals surface area contributed by atoms with Crippen molar-refractivity contribution in [2.24, 2.45) is 0 Å². The van der Waals surface area contributed by atoms with E-state index in [0.717, 1.165) is 25.5 Å². The van der Waals surface area contributed by atoms with E-state index in [1.54, 1.807) is 18.3 Å². The summed E-state index contributed by atoms with van der Waals surface area (Å²) in [7, 11) is -3.03. The molecule has 0 bridgehead atoms. The number of phosphoric ester groups is 1. The molecule has 0 saturated carbocycles. The molecule has 0 aliphatic carbocycles. The second kappa shape index (κ2) is 13.6. The number of nitrogens with one attached hydrogen (secondary N) is 2. The third-order valence-corrected chi connectivity index (χ3v) is 7.40. The Labute approximate surface area is 250 Å². The number of aromatic nitrogens is 4. The van der Waals surface area contributed by atoms with Gasteiger partial charge >= 0.3 is 7.82 Å². The molecule has 1 atom stereocenters. The molecular weight excluding hydrogens is 603 g/mol. The number of amides is 1. The van der Waals surface area contributed by atoms with Gasteiger partial charge in [0.15, 0.2) is 23.1 Å². The van der Waals surface area contributed by atoms with E-state index in [9.17, 15) is 18.1 Å². The molecule has 2 aromatic heterocycles. The van der Waals surface area contributed by atoms with Crippen LogP contribution in [0.25, 0.3) is 10.9 Å². The van der Waals surface area contributed by atoms with Crippen LogP contribution in [0.4, 0.5) is 26.0 Å². The van der Waals surface area contributed by atoms with Gasteiger partial charge in [-0.15, -0.1) is 0 Å². The second-order valence-corrected chi connectivity index (χ2v) is 11.1. The molecule has 2 aromatic carbocycles. The monoisotopic (exact) mass is 633 g/mol. The van der Waals surface area contributed by atoms with Gasteiger partial charge in [-0.2, -0.15) is 5.10 Å². The molecule has 0 radical (unpaired) electrons. The molecule has 1 amide bonds. The lowest BCUT2D eigenvalue weighted by molar-refractivity contribution is -0.116. The van der Waals surface area contributed by atoms with E-state index >= 15 is 0 Å². The molecule has 5 rings (SSSR count). The Bertz CT molecular complexity index is 1690. The summed E-state index contributed by atoms with van der Waals surface area (Å²) in [5.74, 6) is -1.46. The van der Waals surface area contributed by atoms with Crippen LogP contribution in [0.2, 0.25) is 0 Å². The highest BCUT2D eigenvalue weighted by molar-refractivity contribution is 7.46. The minimum Gasteiger partial charge on any atom is -0.493 e. The number of hydrogen-bond acceptors (Lipinski definition) is 10. The Morgan fingerprint density at radius 3 is 2.84 bits per heavy atom. The predicted molar refractivity (Wildman–Crippen MR) is 155 cm³/mol. The van der Waals surface area contributed by atoms with Crippen LogP contribution in [0.15, 0.2) is 49.1 Å². The molecule has 1 aliphatic heterocycles. The van der Waals surface area contributed by atoms with Crippen molar-refractivity contribution in [1.82, 2.24) is 24.6 Å². The molecule has 1 aliphatic rings. The average Bonchev–Trinajstić information content (AvgIpc) is 3.62. The topological polar surface area (TPSA) is 173 Å². The standard InChI is InChI=1S/C27H30F2N7O7P/c1-41-23-10-19-22(11-24(23)42-9-8-35-7-3-4-18(35)15-43-44(38,39)40)30-16-31-27(19)33-17-12-32-36(13-17)14-25(37)34-21-6-2-5-20(28)26(21)29/h2,5-6,10-13,16,18H,3-4,7-9,14-15H2,1H3,(H,34,37)(H,30,31,33)(H2,38,39,40)/t18-/m0/s1. The lowest BCUT2D eigenvalue weighted by atomic mass is 10.2. The van der Waals surface area contributed by atoms with Gasteiger partial charge in [-0.1, -0.05) is 6.07 Å². The number of carbonyl (C=O) groups is 1. The molecule has 4 N–H and O–H groups in total. The third-order valence-electron chi connectivity index (χ3n) is 6.92. The third kappa shape index (κ3) is 7.84. The first-order chi connectivity index (χ1) is 21.1. The van der Waals surface area contributed by atoms with Gasteiger partial charge < -0.3 is 29.9 Å². The summed E-state index contributed by atoms with van der Waals surface area (Å²) in [6.45, 7) is 1.28. The van der Waals surface area contributed by atoms with E-state index < -0.39 is 25.4 Å². The highest BCUT2D eigenvalue weighted by atomic mass is 31.2. The van der Waals surface area contributed by atoms with Crippen molar-refractivity contribution in [3.05, 3.63) is 60.7 Å². The summed E-state index contributed by atoms with van der Waals surface area (Å²) in [6.07, 6.45) is 6.08. The maximum Gasteiger partial charge on any atom is 0.469 e. The lowest BCUT2D eigenvalue weighted by Crippen LogP contribution is -2.36. The molecule has 44 heavy (non-hydrogen) atoms. The van der Waals surface area contributed by atoms with Crippen molar-refractivity contribution in [2.45, 2.75) is 25.4 Å². The molecule has 1 fully saturated rings. The van der Waals surface area contributed by atoms with Crippen LogP contribution >= 0.6 is 7.82 Å². The zero-order valence-corrected chi connectivity index (χ0v) is 24.4. The molecule has 4 aromatic rings. The summed E-state index contributed by atoms with van der Waals surface area (Å²) in [6, 6.07) is 6.85. The number of anilines is 3. The van der Waals surface area contributed by atoms with Crippen LogP contribution in [-0.2, 0) is 20.4 Å². The van der Waals surface area contributed by atoms with Crippen molar-refractivity contribution >= 4 is 41.8 Å². The number of phosphoric acid groups is 1. The number of likely N-dealkylation sites (tertiary alicyclic amines) is 1. The fourth-order valence-electron chi connectivity index (χ4n) is 4.86. The van der Waals surface area contributed by atoms with Gasteiger partial charge in [-0.05, 0) is 37.6 Å². The van der Waals surface area contributed by atoms with Crippen LogP contribution in [0.1, 0.15) is 12.8 Å². The van der Waals surface area contributed by atoms with Crippen LogP contribution in [0.3, 0.4) is 0 Å². The minimum atomic E-state index is -4.53.